The maximum Gasteiger partial charge on any atom is 0.271 e. The van der Waals surface area contributed by atoms with Gasteiger partial charge in [-0.2, -0.15) is 5.10 Å². The highest BCUT2D eigenvalue weighted by molar-refractivity contribution is 5.91. The van der Waals surface area contributed by atoms with Gasteiger partial charge in [-0.05, 0) is 24.3 Å². The monoisotopic (exact) mass is 267 g/mol. The van der Waals surface area contributed by atoms with E-state index in [9.17, 15) is 9.59 Å². The number of hydrogen-bond donors (Lipinski definition) is 2. The third-order valence-corrected chi connectivity index (χ3v) is 2.94. The molecule has 0 atom stereocenters. The number of carbonyl (C=O) groups excluding carboxylic acids is 1. The van der Waals surface area contributed by atoms with Gasteiger partial charge in [-0.1, -0.05) is 13.8 Å². The lowest BCUT2D eigenvalue weighted by atomic mass is 9.89. The molecule has 0 bridgehead atoms. The van der Waals surface area contributed by atoms with Crippen LogP contribution in [-0.2, 0) is 7.05 Å². The van der Waals surface area contributed by atoms with Gasteiger partial charge in [0.2, 0.25) is 0 Å². The Morgan fingerprint density at radius 3 is 2.74 bits per heavy atom. The van der Waals surface area contributed by atoms with Crippen LogP contribution in [0.25, 0.3) is 0 Å². The van der Waals surface area contributed by atoms with Gasteiger partial charge in [-0.25, -0.2) is 4.68 Å². The van der Waals surface area contributed by atoms with Gasteiger partial charge in [0.25, 0.3) is 11.5 Å². The summed E-state index contributed by atoms with van der Waals surface area (Å²) in [7, 11) is 1.50. The number of aliphatic hydroxyl groups excluding tert-OH is 1. The fourth-order valence-electron chi connectivity index (χ4n) is 1.56. The molecule has 0 aliphatic carbocycles. The van der Waals surface area contributed by atoms with Crippen molar-refractivity contribution in [2.75, 3.05) is 13.2 Å². The molecular formula is C13H21N3O3. The SMILES string of the molecule is Cn1nc(C(=O)NCCCC(C)(C)CO)ccc1=O. The van der Waals surface area contributed by atoms with Gasteiger partial charge in [0.1, 0.15) is 5.69 Å². The van der Waals surface area contributed by atoms with E-state index >= 15 is 0 Å². The molecule has 0 radical (unpaired) electrons. The summed E-state index contributed by atoms with van der Waals surface area (Å²) in [6, 6.07) is 2.73. The van der Waals surface area contributed by atoms with E-state index in [1.165, 1.54) is 19.2 Å². The number of nitrogens with zero attached hydrogens (tertiary/aromatic N) is 2. The Kier molecular flexibility index (Phi) is 5.23. The number of carbonyl (C=O) groups is 1. The molecule has 1 heterocycles. The van der Waals surface area contributed by atoms with Gasteiger partial charge < -0.3 is 10.4 Å². The van der Waals surface area contributed by atoms with Crippen LogP contribution >= 0.6 is 0 Å². The smallest absolute Gasteiger partial charge is 0.271 e. The quantitative estimate of drug-likeness (QED) is 0.726. The average molecular weight is 267 g/mol. The fourth-order valence-corrected chi connectivity index (χ4v) is 1.56. The number of nitrogens with one attached hydrogen (secondary N) is 1. The number of amides is 1. The third kappa shape index (κ3) is 4.82. The van der Waals surface area contributed by atoms with E-state index in [-0.39, 0.29) is 29.2 Å². The Morgan fingerprint density at radius 2 is 2.16 bits per heavy atom. The summed E-state index contributed by atoms with van der Waals surface area (Å²) in [6.07, 6.45) is 1.61. The van der Waals surface area contributed by atoms with Gasteiger partial charge in [0, 0.05) is 26.3 Å². The zero-order valence-electron chi connectivity index (χ0n) is 11.6. The molecule has 106 valence electrons. The van der Waals surface area contributed by atoms with Crippen molar-refractivity contribution >= 4 is 5.91 Å². The minimum atomic E-state index is -0.294. The van der Waals surface area contributed by atoms with Crippen molar-refractivity contribution in [2.24, 2.45) is 12.5 Å². The van der Waals surface area contributed by atoms with Crippen LogP contribution in [0.2, 0.25) is 0 Å². The summed E-state index contributed by atoms with van der Waals surface area (Å²) >= 11 is 0. The lowest BCUT2D eigenvalue weighted by Gasteiger charge is -2.21. The fraction of sp³-hybridized carbons (Fsp3) is 0.615. The molecule has 19 heavy (non-hydrogen) atoms. The molecule has 0 saturated carbocycles. The number of aryl methyl sites for hydroxylation is 1. The Bertz CT molecular complexity index is 494. The molecule has 1 rings (SSSR count). The molecule has 0 saturated heterocycles. The first kappa shape index (κ1) is 15.4. The molecule has 0 spiro atoms. The summed E-state index contributed by atoms with van der Waals surface area (Å²) < 4.78 is 1.13. The second-order valence-corrected chi connectivity index (χ2v) is 5.36. The van der Waals surface area contributed by atoms with E-state index in [4.69, 9.17) is 5.11 Å². The summed E-state index contributed by atoms with van der Waals surface area (Å²) in [6.45, 7) is 4.60. The van der Waals surface area contributed by atoms with E-state index in [1.54, 1.807) is 0 Å². The minimum absolute atomic E-state index is 0.125. The molecule has 2 N–H and O–H groups in total. The lowest BCUT2D eigenvalue weighted by Crippen LogP contribution is -2.29. The van der Waals surface area contributed by atoms with E-state index in [0.29, 0.717) is 6.54 Å². The lowest BCUT2D eigenvalue weighted by molar-refractivity contribution is 0.0941. The van der Waals surface area contributed by atoms with Crippen molar-refractivity contribution in [1.82, 2.24) is 15.1 Å². The van der Waals surface area contributed by atoms with E-state index in [0.717, 1.165) is 17.5 Å². The number of aromatic nitrogens is 2. The molecule has 0 aromatic carbocycles. The Morgan fingerprint density at radius 1 is 1.47 bits per heavy atom. The van der Waals surface area contributed by atoms with Crippen molar-refractivity contribution in [1.29, 1.82) is 0 Å². The van der Waals surface area contributed by atoms with Crippen LogP contribution in [0.3, 0.4) is 0 Å². The first-order valence-corrected chi connectivity index (χ1v) is 6.29. The molecule has 1 amide bonds. The predicted octanol–water partition coefficient (Wildman–Crippen LogP) is 0.309. The van der Waals surface area contributed by atoms with Crippen molar-refractivity contribution in [2.45, 2.75) is 26.7 Å². The van der Waals surface area contributed by atoms with Crippen molar-refractivity contribution in [3.05, 3.63) is 28.2 Å². The van der Waals surface area contributed by atoms with Crippen LogP contribution in [0.5, 0.6) is 0 Å². The summed E-state index contributed by atoms with van der Waals surface area (Å²) in [5.74, 6) is -0.294. The first-order chi connectivity index (χ1) is 8.85. The molecule has 0 aliphatic heterocycles. The molecule has 0 aliphatic rings. The summed E-state index contributed by atoms with van der Waals surface area (Å²) in [5.41, 5.74) is -0.149. The Hall–Kier alpha value is -1.69. The Labute approximate surface area is 112 Å². The molecule has 6 heteroatoms. The number of hydrogen-bond acceptors (Lipinski definition) is 4. The van der Waals surface area contributed by atoms with Crippen LogP contribution in [-0.4, -0.2) is 33.9 Å². The average Bonchev–Trinajstić information content (AvgIpc) is 2.37. The highest BCUT2D eigenvalue weighted by Gasteiger charge is 2.16. The number of aliphatic hydroxyl groups is 1. The van der Waals surface area contributed by atoms with Gasteiger partial charge in [0.15, 0.2) is 0 Å². The van der Waals surface area contributed by atoms with Crippen LogP contribution in [0.15, 0.2) is 16.9 Å². The summed E-state index contributed by atoms with van der Waals surface area (Å²) in [4.78, 5) is 22.9. The topological polar surface area (TPSA) is 84.2 Å². The third-order valence-electron chi connectivity index (χ3n) is 2.94. The number of rotatable bonds is 6. The standard InChI is InChI=1S/C13H21N3O3/c1-13(2,9-17)7-4-8-14-12(19)10-5-6-11(18)16(3)15-10/h5-6,17H,4,7-9H2,1-3H3,(H,14,19). The second-order valence-electron chi connectivity index (χ2n) is 5.36. The van der Waals surface area contributed by atoms with E-state index < -0.39 is 0 Å². The maximum absolute atomic E-state index is 11.8. The van der Waals surface area contributed by atoms with Gasteiger partial charge in [-0.3, -0.25) is 9.59 Å². The first-order valence-electron chi connectivity index (χ1n) is 6.29. The van der Waals surface area contributed by atoms with E-state index in [2.05, 4.69) is 10.4 Å². The molecule has 1 aromatic heterocycles. The van der Waals surface area contributed by atoms with Crippen molar-refractivity contribution in [3.8, 4) is 0 Å². The highest BCUT2D eigenvalue weighted by atomic mass is 16.3. The van der Waals surface area contributed by atoms with Crippen molar-refractivity contribution < 1.29 is 9.90 Å². The maximum atomic E-state index is 11.8. The normalized spacial score (nSPS) is 11.4. The Balaban J connectivity index is 2.43. The predicted molar refractivity (Wildman–Crippen MR) is 71.9 cm³/mol. The highest BCUT2D eigenvalue weighted by Crippen LogP contribution is 2.20. The molecule has 1 aromatic rings. The molecular weight excluding hydrogens is 246 g/mol. The van der Waals surface area contributed by atoms with Crippen LogP contribution < -0.4 is 10.9 Å². The molecule has 0 fully saturated rings. The largest absolute Gasteiger partial charge is 0.396 e. The van der Waals surface area contributed by atoms with Crippen LogP contribution in [0.4, 0.5) is 0 Å². The van der Waals surface area contributed by atoms with Gasteiger partial charge >= 0.3 is 0 Å². The second kappa shape index (κ2) is 6.47. The van der Waals surface area contributed by atoms with E-state index in [1.807, 2.05) is 13.8 Å². The van der Waals surface area contributed by atoms with Crippen molar-refractivity contribution in [3.63, 3.8) is 0 Å². The van der Waals surface area contributed by atoms with Gasteiger partial charge in [0.05, 0.1) is 0 Å². The minimum Gasteiger partial charge on any atom is -0.396 e. The molecule has 6 nitrogen and oxygen atoms in total. The van der Waals surface area contributed by atoms with Crippen LogP contribution in [0, 0.1) is 5.41 Å². The van der Waals surface area contributed by atoms with Crippen LogP contribution in [0.1, 0.15) is 37.2 Å². The molecule has 0 unspecified atom stereocenters. The zero-order chi connectivity index (χ0) is 14.5. The van der Waals surface area contributed by atoms with Gasteiger partial charge in [-0.15, -0.1) is 0 Å². The summed E-state index contributed by atoms with van der Waals surface area (Å²) in [5, 5.41) is 15.7. The zero-order valence-corrected chi connectivity index (χ0v) is 11.6.